The first kappa shape index (κ1) is 11.0. The summed E-state index contributed by atoms with van der Waals surface area (Å²) in [4.78, 5) is 27.2. The molecule has 0 saturated carbocycles. The van der Waals surface area contributed by atoms with Crippen LogP contribution in [0.3, 0.4) is 0 Å². The molecule has 2 N–H and O–H groups in total. The minimum Gasteiger partial charge on any atom is -0.339 e. The Morgan fingerprint density at radius 3 is 2.71 bits per heavy atom. The molecule has 0 radical (unpaired) electrons. The number of hydrogen-bond donors (Lipinski definition) is 2. The molecule has 0 saturated heterocycles. The van der Waals surface area contributed by atoms with E-state index in [2.05, 4.69) is 15.3 Å². The second-order valence-electron chi connectivity index (χ2n) is 3.26. The molecule has 0 aromatic carbocycles. The van der Waals surface area contributed by atoms with Crippen molar-refractivity contribution in [3.8, 4) is 0 Å². The van der Waals surface area contributed by atoms with E-state index in [-0.39, 0.29) is 16.9 Å². The molecule has 5 nitrogen and oxygen atoms in total. The Morgan fingerprint density at radius 2 is 2.12 bits per heavy atom. The predicted molar refractivity (Wildman–Crippen MR) is 59.9 cm³/mol. The van der Waals surface area contributed by atoms with E-state index in [0.29, 0.717) is 12.0 Å². The second kappa shape index (κ2) is 4.56. The Balaban J connectivity index is 2.24. The van der Waals surface area contributed by atoms with Crippen LogP contribution in [-0.2, 0) is 0 Å². The first-order valence-corrected chi connectivity index (χ1v) is 4.76. The third kappa shape index (κ3) is 2.54. The molecule has 0 unspecified atom stereocenters. The molecule has 6 heteroatoms. The number of halogens is 1. The van der Waals surface area contributed by atoms with Crippen LogP contribution >= 0.6 is 0 Å². The fourth-order valence-electron chi connectivity index (χ4n) is 1.24. The lowest BCUT2D eigenvalue weighted by atomic mass is 10.3. The van der Waals surface area contributed by atoms with Gasteiger partial charge in [-0.3, -0.25) is 9.59 Å². The van der Waals surface area contributed by atoms with Gasteiger partial charge in [0.25, 0.3) is 0 Å². The molecule has 0 aliphatic carbocycles. The maximum absolute atomic E-state index is 13.2. The number of aromatic nitrogens is 2. The maximum Gasteiger partial charge on any atom is 0.248 e. The van der Waals surface area contributed by atoms with Gasteiger partial charge in [-0.15, -0.1) is 0 Å². The summed E-state index contributed by atoms with van der Waals surface area (Å²) in [7, 11) is 0. The molecule has 17 heavy (non-hydrogen) atoms. The van der Waals surface area contributed by atoms with Crippen molar-refractivity contribution in [1.29, 1.82) is 0 Å². The van der Waals surface area contributed by atoms with Crippen LogP contribution in [-0.4, -0.2) is 16.3 Å². The molecule has 0 aliphatic rings. The molecule has 0 fully saturated rings. The van der Waals surface area contributed by atoms with Gasteiger partial charge in [-0.05, 0) is 18.2 Å². The van der Waals surface area contributed by atoms with Gasteiger partial charge in [-0.25, -0.2) is 4.98 Å². The number of H-pyrrole nitrogens is 1. The molecule has 2 rings (SSSR count). The average Bonchev–Trinajstić information content (AvgIpc) is 2.32. The molecule has 0 aliphatic heterocycles. The molecule has 86 valence electrons. The summed E-state index contributed by atoms with van der Waals surface area (Å²) in [5, 5.41) is 2.79. The third-order valence-electron chi connectivity index (χ3n) is 2.06. The number of carbonyl (C=O) groups is 1. The number of anilines is 2. The summed E-state index contributed by atoms with van der Waals surface area (Å²) in [6, 6.07) is 5.66. The van der Waals surface area contributed by atoms with E-state index >= 15 is 0 Å². The number of nitrogens with zero attached hydrogens (tertiary/aromatic N) is 1. The Kier molecular flexibility index (Phi) is 2.95. The Labute approximate surface area is 95.3 Å². The number of carbonyl (C=O) groups excluding carboxylic acids is 1. The number of rotatable bonds is 3. The fourth-order valence-corrected chi connectivity index (χ4v) is 1.24. The van der Waals surface area contributed by atoms with E-state index in [9.17, 15) is 14.0 Å². The first-order chi connectivity index (χ1) is 8.19. The van der Waals surface area contributed by atoms with Crippen LogP contribution < -0.4 is 10.9 Å². The van der Waals surface area contributed by atoms with Crippen molar-refractivity contribution in [2.24, 2.45) is 0 Å². The number of nitrogens with one attached hydrogen (secondary N) is 2. The fraction of sp³-hybridized carbons (Fsp3) is 0. The molecule has 2 aromatic rings. The summed E-state index contributed by atoms with van der Waals surface area (Å²) in [6.45, 7) is 0. The summed E-state index contributed by atoms with van der Waals surface area (Å²) in [6.07, 6.45) is 1.83. The summed E-state index contributed by atoms with van der Waals surface area (Å²) in [5.41, 5.74) is 0.235. The van der Waals surface area contributed by atoms with Crippen LogP contribution in [0, 0.1) is 5.95 Å². The molecule has 0 atom stereocenters. The van der Waals surface area contributed by atoms with E-state index in [0.717, 1.165) is 0 Å². The number of pyridine rings is 2. The van der Waals surface area contributed by atoms with Crippen molar-refractivity contribution in [3.63, 3.8) is 0 Å². The predicted octanol–water partition coefficient (Wildman–Crippen LogP) is 1.47. The third-order valence-corrected chi connectivity index (χ3v) is 2.06. The van der Waals surface area contributed by atoms with E-state index in [4.69, 9.17) is 0 Å². The Morgan fingerprint density at radius 1 is 1.29 bits per heavy atom. The quantitative estimate of drug-likeness (QED) is 0.621. The van der Waals surface area contributed by atoms with Gasteiger partial charge < -0.3 is 10.3 Å². The highest BCUT2D eigenvalue weighted by Crippen LogP contribution is 2.13. The Bertz CT molecular complexity index is 589. The van der Waals surface area contributed by atoms with Crippen LogP contribution in [0.2, 0.25) is 0 Å². The van der Waals surface area contributed by atoms with Gasteiger partial charge in [-0.1, -0.05) is 0 Å². The lowest BCUT2D eigenvalue weighted by Crippen LogP contribution is -2.04. The van der Waals surface area contributed by atoms with E-state index in [1.807, 2.05) is 0 Å². The zero-order valence-electron chi connectivity index (χ0n) is 8.61. The van der Waals surface area contributed by atoms with Crippen LogP contribution in [0.1, 0.15) is 10.4 Å². The van der Waals surface area contributed by atoms with Gasteiger partial charge in [0.2, 0.25) is 11.5 Å². The highest BCUT2D eigenvalue weighted by molar-refractivity contribution is 5.75. The van der Waals surface area contributed by atoms with Crippen molar-refractivity contribution in [3.05, 3.63) is 52.3 Å². The number of hydrogen-bond acceptors (Lipinski definition) is 4. The van der Waals surface area contributed by atoms with Crippen molar-refractivity contribution in [1.82, 2.24) is 9.97 Å². The van der Waals surface area contributed by atoms with Gasteiger partial charge in [0.1, 0.15) is 5.82 Å². The minimum absolute atomic E-state index is 0.1000. The molecule has 0 bridgehead atoms. The zero-order chi connectivity index (χ0) is 12.3. The van der Waals surface area contributed by atoms with Crippen LogP contribution in [0.5, 0.6) is 0 Å². The molecule has 0 spiro atoms. The highest BCUT2D eigenvalue weighted by Gasteiger charge is 2.04. The molecular formula is C11H8FN3O2. The van der Waals surface area contributed by atoms with Gasteiger partial charge in [0, 0.05) is 12.3 Å². The van der Waals surface area contributed by atoms with E-state index in [1.54, 1.807) is 0 Å². The summed E-state index contributed by atoms with van der Waals surface area (Å²) < 4.78 is 13.2. The second-order valence-corrected chi connectivity index (χ2v) is 3.26. The van der Waals surface area contributed by atoms with E-state index < -0.39 is 5.95 Å². The van der Waals surface area contributed by atoms with Gasteiger partial charge in [0.15, 0.2) is 6.29 Å². The Hall–Kier alpha value is -2.50. The highest BCUT2D eigenvalue weighted by atomic mass is 19.1. The van der Waals surface area contributed by atoms with Gasteiger partial charge in [0.05, 0.1) is 11.3 Å². The number of aldehydes is 1. The smallest absolute Gasteiger partial charge is 0.248 e. The normalized spacial score (nSPS) is 9.94. The lowest BCUT2D eigenvalue weighted by Gasteiger charge is -2.05. The first-order valence-electron chi connectivity index (χ1n) is 4.76. The van der Waals surface area contributed by atoms with Gasteiger partial charge in [-0.2, -0.15) is 4.39 Å². The standard InChI is InChI=1S/C11H8FN3O2/c12-11-7(6-16)1-3-9(15-11)14-8-2-4-10(17)13-5-8/h1-6H,(H,13,17)(H,14,15). The van der Waals surface area contributed by atoms with Crippen molar-refractivity contribution >= 4 is 17.8 Å². The topological polar surface area (TPSA) is 74.8 Å². The minimum atomic E-state index is -0.838. The van der Waals surface area contributed by atoms with Crippen molar-refractivity contribution < 1.29 is 9.18 Å². The van der Waals surface area contributed by atoms with Crippen molar-refractivity contribution in [2.45, 2.75) is 0 Å². The summed E-state index contributed by atoms with van der Waals surface area (Å²) >= 11 is 0. The van der Waals surface area contributed by atoms with Crippen molar-refractivity contribution in [2.75, 3.05) is 5.32 Å². The van der Waals surface area contributed by atoms with Crippen LogP contribution in [0.15, 0.2) is 35.3 Å². The largest absolute Gasteiger partial charge is 0.339 e. The van der Waals surface area contributed by atoms with E-state index in [1.165, 1.54) is 30.5 Å². The monoisotopic (exact) mass is 233 g/mol. The number of aromatic amines is 1. The molecular weight excluding hydrogens is 225 g/mol. The van der Waals surface area contributed by atoms with Gasteiger partial charge >= 0.3 is 0 Å². The molecule has 2 heterocycles. The maximum atomic E-state index is 13.2. The summed E-state index contributed by atoms with van der Waals surface area (Å²) in [5.74, 6) is -0.588. The zero-order valence-corrected chi connectivity index (χ0v) is 8.61. The SMILES string of the molecule is O=Cc1ccc(Nc2ccc(=O)[nH]c2)nc1F. The average molecular weight is 233 g/mol. The van der Waals surface area contributed by atoms with Crippen LogP contribution in [0.4, 0.5) is 15.9 Å². The molecule has 0 amide bonds. The van der Waals surface area contributed by atoms with Crippen LogP contribution in [0.25, 0.3) is 0 Å². The molecule has 2 aromatic heterocycles. The lowest BCUT2D eigenvalue weighted by molar-refractivity contribution is 0.111.